The number of nitrogens with two attached hydrogens (primary N) is 1. The molecule has 1 heterocycles. The summed E-state index contributed by atoms with van der Waals surface area (Å²) in [7, 11) is 0. The number of hydrogen-bond donors (Lipinski definition) is 1. The highest BCUT2D eigenvalue weighted by Gasteiger charge is 2.13. The molecule has 1 aromatic rings. The summed E-state index contributed by atoms with van der Waals surface area (Å²) in [6, 6.07) is 0. The third kappa shape index (κ3) is 3.16. The first-order valence-corrected chi connectivity index (χ1v) is 5.58. The molecule has 0 atom stereocenters. The van der Waals surface area contributed by atoms with Gasteiger partial charge < -0.3 is 5.73 Å². The second-order valence-electron chi connectivity index (χ2n) is 4.45. The van der Waals surface area contributed by atoms with E-state index in [4.69, 9.17) is 5.73 Å². The van der Waals surface area contributed by atoms with Crippen molar-refractivity contribution >= 4 is 28.4 Å². The molecule has 0 aliphatic heterocycles. The lowest BCUT2D eigenvalue weighted by Gasteiger charge is -2.17. The molecular formula is C11H17N3S. The lowest BCUT2D eigenvalue weighted by Crippen LogP contribution is -2.08. The molecule has 4 heteroatoms. The standard InChI is InChI=1S/C11H17N3S/c1-7(11(3,4)5)6-13-10-9(12)15-8(2)14-10/h6H,1,12H2,2-5H3. The summed E-state index contributed by atoms with van der Waals surface area (Å²) in [5.41, 5.74) is 6.75. The maximum absolute atomic E-state index is 5.75. The van der Waals surface area contributed by atoms with E-state index in [1.165, 1.54) is 11.3 Å². The smallest absolute Gasteiger partial charge is 0.187 e. The summed E-state index contributed by atoms with van der Waals surface area (Å²) >= 11 is 1.45. The topological polar surface area (TPSA) is 51.3 Å². The number of aliphatic imine (C=N–C) groups is 1. The molecule has 0 fully saturated rings. The van der Waals surface area contributed by atoms with Crippen molar-refractivity contribution < 1.29 is 0 Å². The second kappa shape index (κ2) is 4.14. The summed E-state index contributed by atoms with van der Waals surface area (Å²) in [6.45, 7) is 12.2. The zero-order valence-corrected chi connectivity index (χ0v) is 10.5. The van der Waals surface area contributed by atoms with Crippen molar-refractivity contribution in [3.63, 3.8) is 0 Å². The Morgan fingerprint density at radius 1 is 1.53 bits per heavy atom. The van der Waals surface area contributed by atoms with Crippen LogP contribution in [-0.2, 0) is 0 Å². The normalized spacial score (nSPS) is 12.3. The average molecular weight is 223 g/mol. The molecule has 0 radical (unpaired) electrons. The van der Waals surface area contributed by atoms with Gasteiger partial charge in [0, 0.05) is 6.21 Å². The molecule has 82 valence electrons. The highest BCUT2D eigenvalue weighted by atomic mass is 32.1. The van der Waals surface area contributed by atoms with E-state index in [0.29, 0.717) is 10.8 Å². The van der Waals surface area contributed by atoms with Crippen molar-refractivity contribution in [2.75, 3.05) is 5.73 Å². The molecule has 1 aromatic heterocycles. The molecular weight excluding hydrogens is 206 g/mol. The average Bonchev–Trinajstić information content (AvgIpc) is 2.39. The summed E-state index contributed by atoms with van der Waals surface area (Å²) in [5.74, 6) is 0.600. The van der Waals surface area contributed by atoms with Gasteiger partial charge >= 0.3 is 0 Å². The first-order valence-electron chi connectivity index (χ1n) is 4.77. The predicted molar refractivity (Wildman–Crippen MR) is 68.0 cm³/mol. The van der Waals surface area contributed by atoms with Gasteiger partial charge in [-0.05, 0) is 17.9 Å². The van der Waals surface area contributed by atoms with Crippen molar-refractivity contribution in [1.29, 1.82) is 0 Å². The van der Waals surface area contributed by atoms with Crippen LogP contribution < -0.4 is 5.73 Å². The van der Waals surface area contributed by atoms with Gasteiger partial charge in [0.15, 0.2) is 5.82 Å². The molecule has 0 aliphatic carbocycles. The minimum absolute atomic E-state index is 0.0311. The molecule has 0 unspecified atom stereocenters. The number of rotatable bonds is 2. The molecule has 0 bridgehead atoms. The van der Waals surface area contributed by atoms with Gasteiger partial charge in [-0.25, -0.2) is 9.98 Å². The Morgan fingerprint density at radius 3 is 2.53 bits per heavy atom. The number of nitrogen functional groups attached to an aromatic ring is 1. The Labute approximate surface area is 94.8 Å². The molecule has 0 spiro atoms. The van der Waals surface area contributed by atoms with E-state index in [1.807, 2.05) is 6.92 Å². The third-order valence-corrected chi connectivity index (χ3v) is 2.84. The van der Waals surface area contributed by atoms with Gasteiger partial charge in [0.1, 0.15) is 5.00 Å². The van der Waals surface area contributed by atoms with Crippen LogP contribution in [0.2, 0.25) is 0 Å². The van der Waals surface area contributed by atoms with E-state index in [2.05, 4.69) is 37.3 Å². The first-order chi connectivity index (χ1) is 6.80. The Balaban J connectivity index is 2.83. The maximum Gasteiger partial charge on any atom is 0.187 e. The van der Waals surface area contributed by atoms with Crippen LogP contribution in [0.5, 0.6) is 0 Å². The van der Waals surface area contributed by atoms with Crippen LogP contribution in [0.1, 0.15) is 25.8 Å². The molecule has 3 nitrogen and oxygen atoms in total. The number of allylic oxidation sites excluding steroid dienone is 1. The fourth-order valence-electron chi connectivity index (χ4n) is 0.857. The van der Waals surface area contributed by atoms with Gasteiger partial charge in [0.05, 0.1) is 5.01 Å². The van der Waals surface area contributed by atoms with Crippen molar-refractivity contribution in [3.8, 4) is 0 Å². The molecule has 2 N–H and O–H groups in total. The molecule has 0 saturated heterocycles. The number of hydrogen-bond acceptors (Lipinski definition) is 4. The molecule has 0 amide bonds. The van der Waals surface area contributed by atoms with Crippen LogP contribution in [-0.4, -0.2) is 11.2 Å². The van der Waals surface area contributed by atoms with E-state index >= 15 is 0 Å². The summed E-state index contributed by atoms with van der Waals surface area (Å²) in [6.07, 6.45) is 1.74. The first kappa shape index (κ1) is 11.9. The Hall–Kier alpha value is -1.16. The van der Waals surface area contributed by atoms with Gasteiger partial charge in [0.2, 0.25) is 0 Å². The number of nitrogens with zero attached hydrogens (tertiary/aromatic N) is 2. The van der Waals surface area contributed by atoms with Gasteiger partial charge in [0.25, 0.3) is 0 Å². The van der Waals surface area contributed by atoms with Crippen LogP contribution in [0.4, 0.5) is 10.8 Å². The third-order valence-electron chi connectivity index (χ3n) is 2.05. The zero-order chi connectivity index (χ0) is 11.6. The number of thiazole rings is 1. The van der Waals surface area contributed by atoms with E-state index < -0.39 is 0 Å². The van der Waals surface area contributed by atoms with Gasteiger partial charge in [-0.15, -0.1) is 0 Å². The summed E-state index contributed by atoms with van der Waals surface area (Å²) in [4.78, 5) is 8.46. The molecule has 0 aliphatic rings. The minimum atomic E-state index is 0.0311. The molecule has 15 heavy (non-hydrogen) atoms. The lowest BCUT2D eigenvalue weighted by molar-refractivity contribution is 0.528. The predicted octanol–water partition coefficient (Wildman–Crippen LogP) is 3.34. The van der Waals surface area contributed by atoms with E-state index in [1.54, 1.807) is 6.21 Å². The van der Waals surface area contributed by atoms with Crippen molar-refractivity contribution in [3.05, 3.63) is 17.2 Å². The lowest BCUT2D eigenvalue weighted by atomic mass is 9.88. The summed E-state index contributed by atoms with van der Waals surface area (Å²) < 4.78 is 0. The van der Waals surface area contributed by atoms with Crippen LogP contribution in [0.3, 0.4) is 0 Å². The molecule has 1 rings (SSSR count). The fourth-order valence-corrected chi connectivity index (χ4v) is 1.50. The van der Waals surface area contributed by atoms with Crippen LogP contribution in [0, 0.1) is 12.3 Å². The largest absolute Gasteiger partial charge is 0.387 e. The SMILES string of the molecule is C=C(C=Nc1nc(C)sc1N)C(C)(C)C. The van der Waals surface area contributed by atoms with E-state index in [0.717, 1.165) is 10.6 Å². The number of aromatic nitrogens is 1. The monoisotopic (exact) mass is 223 g/mol. The maximum atomic E-state index is 5.75. The highest BCUT2D eigenvalue weighted by molar-refractivity contribution is 7.16. The number of aryl methyl sites for hydroxylation is 1. The van der Waals surface area contributed by atoms with Gasteiger partial charge in [-0.1, -0.05) is 38.7 Å². The fraction of sp³-hybridized carbons (Fsp3) is 0.455. The van der Waals surface area contributed by atoms with Crippen LogP contribution in [0.15, 0.2) is 17.1 Å². The van der Waals surface area contributed by atoms with E-state index in [-0.39, 0.29) is 5.41 Å². The molecule has 0 aromatic carbocycles. The Bertz CT molecular complexity index is 396. The Kier molecular flexibility index (Phi) is 3.29. The summed E-state index contributed by atoms with van der Waals surface area (Å²) in [5, 5.41) is 1.59. The molecule has 0 saturated carbocycles. The Morgan fingerprint density at radius 2 is 2.13 bits per heavy atom. The van der Waals surface area contributed by atoms with Crippen molar-refractivity contribution in [1.82, 2.24) is 4.98 Å². The van der Waals surface area contributed by atoms with E-state index in [9.17, 15) is 0 Å². The zero-order valence-electron chi connectivity index (χ0n) is 9.66. The number of anilines is 1. The van der Waals surface area contributed by atoms with Crippen molar-refractivity contribution in [2.24, 2.45) is 10.4 Å². The highest BCUT2D eigenvalue weighted by Crippen LogP contribution is 2.28. The van der Waals surface area contributed by atoms with Crippen molar-refractivity contribution in [2.45, 2.75) is 27.7 Å². The minimum Gasteiger partial charge on any atom is -0.387 e. The van der Waals surface area contributed by atoms with Crippen LogP contribution >= 0.6 is 11.3 Å². The second-order valence-corrected chi connectivity index (χ2v) is 5.69. The van der Waals surface area contributed by atoms with Gasteiger partial charge in [-0.2, -0.15) is 0 Å². The quantitative estimate of drug-likeness (QED) is 0.782. The van der Waals surface area contributed by atoms with Gasteiger partial charge in [-0.3, -0.25) is 0 Å². The van der Waals surface area contributed by atoms with Crippen LogP contribution in [0.25, 0.3) is 0 Å².